The van der Waals surface area contributed by atoms with Gasteiger partial charge in [0.15, 0.2) is 5.82 Å². The van der Waals surface area contributed by atoms with E-state index in [1.54, 1.807) is 29.2 Å². The first-order chi connectivity index (χ1) is 24.6. The lowest BCUT2D eigenvalue weighted by molar-refractivity contribution is -0.150. The molecule has 5 aliphatic rings. The van der Waals surface area contributed by atoms with Crippen LogP contribution in [0.4, 0.5) is 14.5 Å². The minimum atomic E-state index is -1.42. The van der Waals surface area contributed by atoms with E-state index < -0.39 is 58.5 Å². The number of morpholine rings is 1. The predicted molar refractivity (Wildman–Crippen MR) is 180 cm³/mol. The molecule has 5 heterocycles. The number of aliphatic carboxylic acids is 1. The van der Waals surface area contributed by atoms with Crippen LogP contribution < -0.4 is 21.0 Å². The number of nitrogens with one attached hydrogen (secondary N) is 2. The van der Waals surface area contributed by atoms with E-state index in [0.29, 0.717) is 32.5 Å². The Morgan fingerprint density at radius 1 is 1.12 bits per heavy atom. The first-order valence-corrected chi connectivity index (χ1v) is 17.7. The number of carboxylic acids is 1. The van der Waals surface area contributed by atoms with Crippen LogP contribution in [0.5, 0.6) is 0 Å². The Bertz CT molecular complexity index is 2060. The number of ether oxygens (including phenoxy) is 2. The Balaban J connectivity index is 1.02. The molecule has 2 aromatic carbocycles. The minimum absolute atomic E-state index is 0.0505. The van der Waals surface area contributed by atoms with Crippen molar-refractivity contribution in [3.05, 3.63) is 86.8 Å². The van der Waals surface area contributed by atoms with E-state index in [0.717, 1.165) is 16.5 Å². The van der Waals surface area contributed by atoms with E-state index in [-0.39, 0.29) is 70.7 Å². The van der Waals surface area contributed by atoms with Gasteiger partial charge in [-0.2, -0.15) is 0 Å². The molecule has 3 N–H and O–H groups in total. The summed E-state index contributed by atoms with van der Waals surface area (Å²) >= 11 is 1.20. The highest BCUT2D eigenvalue weighted by Gasteiger charge is 2.54. The third kappa shape index (κ3) is 5.94. The van der Waals surface area contributed by atoms with Gasteiger partial charge in [0.05, 0.1) is 36.1 Å². The van der Waals surface area contributed by atoms with Crippen molar-refractivity contribution in [1.29, 1.82) is 0 Å². The topological polar surface area (TPSA) is 160 Å². The summed E-state index contributed by atoms with van der Waals surface area (Å²) in [6.07, 6.45) is 2.37. The molecule has 13 nitrogen and oxygen atoms in total. The average Bonchev–Trinajstić information content (AvgIpc) is 3.88. The molecule has 1 saturated carbocycles. The summed E-state index contributed by atoms with van der Waals surface area (Å²) in [4.78, 5) is 67.7. The van der Waals surface area contributed by atoms with Crippen molar-refractivity contribution in [2.75, 3.05) is 43.5 Å². The number of halogens is 2. The Hall–Kier alpha value is -4.80. The number of anilines is 1. The van der Waals surface area contributed by atoms with E-state index >= 15 is 8.78 Å². The van der Waals surface area contributed by atoms with Crippen LogP contribution in [0.15, 0.2) is 58.7 Å². The molecule has 0 spiro atoms. The Kier molecular flexibility index (Phi) is 8.55. The summed E-state index contributed by atoms with van der Waals surface area (Å²) in [5.41, 5.74) is -1.22. The summed E-state index contributed by atoms with van der Waals surface area (Å²) in [5, 5.41) is 15.1. The molecular weight excluding hydrogens is 688 g/mol. The van der Waals surface area contributed by atoms with E-state index in [1.165, 1.54) is 22.5 Å². The molecule has 4 fully saturated rings. The van der Waals surface area contributed by atoms with Gasteiger partial charge in [-0.25, -0.2) is 18.4 Å². The average molecular weight is 722 g/mol. The first-order valence-electron chi connectivity index (χ1n) is 16.7. The fraction of sp³-hybridized carbons (Fsp3) is 0.400. The molecule has 4 aliphatic heterocycles. The van der Waals surface area contributed by atoms with Gasteiger partial charge in [0.2, 0.25) is 11.3 Å². The summed E-state index contributed by atoms with van der Waals surface area (Å²) in [6.45, 7) is 1.18. The monoisotopic (exact) mass is 721 g/mol. The van der Waals surface area contributed by atoms with Gasteiger partial charge in [-0.15, -0.1) is 11.8 Å². The Morgan fingerprint density at radius 2 is 1.90 bits per heavy atom. The van der Waals surface area contributed by atoms with Crippen LogP contribution in [0, 0.1) is 11.6 Å². The molecule has 1 aliphatic carbocycles. The second-order valence-corrected chi connectivity index (χ2v) is 14.4. The molecule has 0 radical (unpaired) electrons. The number of hydrogen-bond acceptors (Lipinski definition) is 10. The van der Waals surface area contributed by atoms with Gasteiger partial charge in [-0.3, -0.25) is 19.3 Å². The van der Waals surface area contributed by atoms with Gasteiger partial charge in [0, 0.05) is 43.2 Å². The van der Waals surface area contributed by atoms with Crippen molar-refractivity contribution in [1.82, 2.24) is 20.1 Å². The predicted octanol–water partition coefficient (Wildman–Crippen LogP) is 1.93. The number of esters is 1. The third-order valence-corrected chi connectivity index (χ3v) is 11.3. The fourth-order valence-electron chi connectivity index (χ4n) is 7.31. The van der Waals surface area contributed by atoms with E-state index in [9.17, 15) is 29.1 Å². The van der Waals surface area contributed by atoms with E-state index in [1.807, 2.05) is 6.07 Å². The van der Waals surface area contributed by atoms with Gasteiger partial charge in [0.1, 0.15) is 40.8 Å². The van der Waals surface area contributed by atoms with Gasteiger partial charge in [-0.1, -0.05) is 30.3 Å². The number of carbonyl (C=O) groups excluding carboxylic acids is 3. The zero-order chi connectivity index (χ0) is 35.6. The highest BCUT2D eigenvalue weighted by molar-refractivity contribution is 8.00. The molecule has 16 heteroatoms. The van der Waals surface area contributed by atoms with E-state index in [2.05, 4.69) is 10.6 Å². The number of aromatic nitrogens is 1. The SMILES string of the molecule is O=C(Cc1ccccc1)N[C@@H]1C(=O)N2C(C(=O)O)=C(COC(=O)c3cn(C4CC4)c4c(F)c(N5C[C@@H]6OCCN[C@@H]6C5)c(F)cc4c3=O)CS[C@H]12. The number of thioether (sulfide) groups is 1. The maximum Gasteiger partial charge on any atom is 0.352 e. The van der Waals surface area contributed by atoms with Crippen LogP contribution in [0.25, 0.3) is 10.9 Å². The number of β-lactam (4-membered cyclic amide) rings is 1. The molecule has 3 aromatic rings. The Labute approximate surface area is 293 Å². The number of carboxylic acid groups (broad SMARTS) is 1. The molecule has 4 atom stereocenters. The van der Waals surface area contributed by atoms with Crippen LogP contribution in [0.1, 0.15) is 34.8 Å². The smallest absolute Gasteiger partial charge is 0.352 e. The number of carbonyl (C=O) groups is 4. The van der Waals surface area contributed by atoms with Crippen molar-refractivity contribution in [3.63, 3.8) is 0 Å². The van der Waals surface area contributed by atoms with Gasteiger partial charge < -0.3 is 34.7 Å². The number of benzene rings is 2. The third-order valence-electron chi connectivity index (χ3n) is 9.92. The molecular formula is C35H33F2N5O8S. The zero-order valence-electron chi connectivity index (χ0n) is 27.1. The van der Waals surface area contributed by atoms with Crippen molar-refractivity contribution in [2.24, 2.45) is 0 Å². The van der Waals surface area contributed by atoms with Crippen LogP contribution in [0.3, 0.4) is 0 Å². The molecule has 3 saturated heterocycles. The van der Waals surface area contributed by atoms with Crippen molar-refractivity contribution >= 4 is 52.1 Å². The Morgan fingerprint density at radius 3 is 2.63 bits per heavy atom. The van der Waals surface area contributed by atoms with Gasteiger partial charge >= 0.3 is 11.9 Å². The van der Waals surface area contributed by atoms with Crippen LogP contribution >= 0.6 is 11.8 Å². The molecule has 0 bridgehead atoms. The van der Waals surface area contributed by atoms with Crippen molar-refractivity contribution < 1.29 is 42.5 Å². The number of rotatable bonds is 9. The summed E-state index contributed by atoms with van der Waals surface area (Å²) in [7, 11) is 0. The van der Waals surface area contributed by atoms with Crippen molar-refractivity contribution in [2.45, 2.75) is 48.9 Å². The molecule has 0 unspecified atom stereocenters. The van der Waals surface area contributed by atoms with Crippen molar-refractivity contribution in [3.8, 4) is 0 Å². The summed E-state index contributed by atoms with van der Waals surface area (Å²) < 4.78 is 44.6. The summed E-state index contributed by atoms with van der Waals surface area (Å²) in [5.74, 6) is -5.29. The standard InChI is InChI=1S/C35H33F2N5O8S/c36-22-11-20-29(26(37)30(22)40-13-23-24(14-40)49-9-8-38-23)41(19-6-7-19)12-21(31(20)44)35(48)50-15-18-16-51-33-27(32(45)42(33)28(18)34(46)47)39-25(43)10-17-4-2-1-3-5-17/h1-5,11-12,19,23-24,27,33,38H,6-10,13-16H2,(H,39,43)(H,46,47)/t23-,24+,27-,33-/m1/s1. The summed E-state index contributed by atoms with van der Waals surface area (Å²) in [6, 6.07) is 8.68. The minimum Gasteiger partial charge on any atom is -0.477 e. The van der Waals surface area contributed by atoms with E-state index in [4.69, 9.17) is 9.47 Å². The molecule has 1 aromatic heterocycles. The zero-order valence-corrected chi connectivity index (χ0v) is 27.9. The lowest BCUT2D eigenvalue weighted by Crippen LogP contribution is -2.70. The maximum atomic E-state index is 16.3. The molecule has 8 rings (SSSR count). The normalized spacial score (nSPS) is 24.2. The number of fused-ring (bicyclic) bond motifs is 3. The molecule has 2 amide bonds. The second-order valence-electron chi connectivity index (χ2n) is 13.3. The lowest BCUT2D eigenvalue weighted by Gasteiger charge is -2.49. The lowest BCUT2D eigenvalue weighted by atomic mass is 10.0. The fourth-order valence-corrected chi connectivity index (χ4v) is 8.64. The number of hydrogen-bond donors (Lipinski definition) is 3. The second kappa shape index (κ2) is 13.1. The molecule has 51 heavy (non-hydrogen) atoms. The van der Waals surface area contributed by atoms with Gasteiger partial charge in [-0.05, 0) is 24.5 Å². The van der Waals surface area contributed by atoms with Crippen LogP contribution in [0.2, 0.25) is 0 Å². The largest absolute Gasteiger partial charge is 0.477 e. The maximum absolute atomic E-state index is 16.3. The molecule has 266 valence electrons. The highest BCUT2D eigenvalue weighted by Crippen LogP contribution is 2.42. The first kappa shape index (κ1) is 33.3. The number of amides is 2. The quantitative estimate of drug-likeness (QED) is 0.219. The van der Waals surface area contributed by atoms with Crippen LogP contribution in [-0.4, -0.2) is 100 Å². The number of nitrogens with zero attached hydrogens (tertiary/aromatic N) is 3. The van der Waals surface area contributed by atoms with Crippen LogP contribution in [-0.2, 0) is 30.3 Å². The number of pyridine rings is 1. The highest BCUT2D eigenvalue weighted by atomic mass is 32.2. The van der Waals surface area contributed by atoms with Gasteiger partial charge in [0.25, 0.3) is 5.91 Å².